The number of amides is 2. The lowest BCUT2D eigenvalue weighted by Crippen LogP contribution is -2.23. The predicted molar refractivity (Wildman–Crippen MR) is 104 cm³/mol. The smallest absolute Gasteiger partial charge is 0.251 e. The summed E-state index contributed by atoms with van der Waals surface area (Å²) < 4.78 is 5.54. The topological polar surface area (TPSA) is 79.5 Å². The molecule has 26 heavy (non-hydrogen) atoms. The van der Waals surface area contributed by atoms with Crippen molar-refractivity contribution in [3.8, 4) is 5.75 Å². The summed E-state index contributed by atoms with van der Waals surface area (Å²) in [4.78, 5) is 23.8. The first-order valence-electron chi connectivity index (χ1n) is 8.38. The molecule has 3 N–H and O–H groups in total. The molecule has 2 amide bonds. The Labute approximate surface area is 153 Å². The van der Waals surface area contributed by atoms with Crippen molar-refractivity contribution in [3.63, 3.8) is 0 Å². The molecule has 0 fully saturated rings. The van der Waals surface area contributed by atoms with Crippen molar-refractivity contribution < 1.29 is 14.3 Å². The first kappa shape index (κ1) is 19.1. The zero-order chi connectivity index (χ0) is 18.8. The van der Waals surface area contributed by atoms with Crippen LogP contribution in [0.2, 0.25) is 0 Å². The molecule has 0 spiro atoms. The molecular formula is C20H23N3O3. The molecule has 0 aromatic heterocycles. The SMILES string of the molecule is C=CCOc1ccccc1NCC(=O)Nc1ccc(C(=O)NCC)cc1. The van der Waals surface area contributed by atoms with E-state index in [-0.39, 0.29) is 18.4 Å². The van der Waals surface area contributed by atoms with Crippen LogP contribution in [0.25, 0.3) is 0 Å². The molecule has 0 radical (unpaired) electrons. The third kappa shape index (κ3) is 5.66. The number of anilines is 2. The lowest BCUT2D eigenvalue weighted by atomic mass is 10.2. The zero-order valence-electron chi connectivity index (χ0n) is 14.7. The number of hydrogen-bond acceptors (Lipinski definition) is 4. The summed E-state index contributed by atoms with van der Waals surface area (Å²) in [7, 11) is 0. The summed E-state index contributed by atoms with van der Waals surface area (Å²) in [6.07, 6.45) is 1.66. The van der Waals surface area contributed by atoms with Gasteiger partial charge in [0.25, 0.3) is 5.91 Å². The number of ether oxygens (including phenoxy) is 1. The molecule has 0 saturated heterocycles. The van der Waals surface area contributed by atoms with Gasteiger partial charge < -0.3 is 20.7 Å². The average molecular weight is 353 g/mol. The minimum atomic E-state index is -0.200. The monoisotopic (exact) mass is 353 g/mol. The summed E-state index contributed by atoms with van der Waals surface area (Å²) >= 11 is 0. The van der Waals surface area contributed by atoms with Crippen LogP contribution in [0, 0.1) is 0 Å². The van der Waals surface area contributed by atoms with E-state index in [2.05, 4.69) is 22.5 Å². The van der Waals surface area contributed by atoms with E-state index in [1.54, 1.807) is 30.3 Å². The van der Waals surface area contributed by atoms with Crippen molar-refractivity contribution in [2.75, 3.05) is 30.3 Å². The Morgan fingerprint density at radius 3 is 2.54 bits per heavy atom. The molecule has 0 heterocycles. The maximum absolute atomic E-state index is 12.1. The minimum absolute atomic E-state index is 0.0898. The average Bonchev–Trinajstić information content (AvgIpc) is 2.66. The maximum Gasteiger partial charge on any atom is 0.251 e. The summed E-state index contributed by atoms with van der Waals surface area (Å²) in [5.41, 5.74) is 1.91. The van der Waals surface area contributed by atoms with Crippen molar-refractivity contribution in [1.82, 2.24) is 5.32 Å². The van der Waals surface area contributed by atoms with Gasteiger partial charge in [0.05, 0.1) is 12.2 Å². The van der Waals surface area contributed by atoms with Crippen LogP contribution in [-0.2, 0) is 4.79 Å². The third-order valence-electron chi connectivity index (χ3n) is 3.45. The standard InChI is InChI=1S/C20H23N3O3/c1-3-13-26-18-8-6-5-7-17(18)22-14-19(24)23-16-11-9-15(10-12-16)20(25)21-4-2/h3,5-12,22H,1,4,13-14H2,2H3,(H,21,25)(H,23,24). The highest BCUT2D eigenvalue weighted by Crippen LogP contribution is 2.23. The second-order valence-electron chi connectivity index (χ2n) is 5.43. The van der Waals surface area contributed by atoms with E-state index in [1.807, 2.05) is 31.2 Å². The van der Waals surface area contributed by atoms with Gasteiger partial charge in [-0.1, -0.05) is 24.8 Å². The molecule has 136 valence electrons. The van der Waals surface area contributed by atoms with Crippen LogP contribution >= 0.6 is 0 Å². The lowest BCUT2D eigenvalue weighted by molar-refractivity contribution is -0.114. The molecule has 0 aliphatic rings. The highest BCUT2D eigenvalue weighted by molar-refractivity contribution is 5.96. The van der Waals surface area contributed by atoms with Gasteiger partial charge in [0, 0.05) is 17.8 Å². The Balaban J connectivity index is 1.89. The second kappa shape index (κ2) is 9.88. The Morgan fingerprint density at radius 1 is 1.12 bits per heavy atom. The Bertz CT molecular complexity index is 757. The first-order valence-corrected chi connectivity index (χ1v) is 8.38. The Hall–Kier alpha value is -3.28. The molecule has 2 aromatic rings. The number of benzene rings is 2. The van der Waals surface area contributed by atoms with E-state index in [9.17, 15) is 9.59 Å². The number of para-hydroxylation sites is 2. The molecular weight excluding hydrogens is 330 g/mol. The molecule has 2 rings (SSSR count). The molecule has 0 atom stereocenters. The number of carbonyl (C=O) groups is 2. The van der Waals surface area contributed by atoms with Gasteiger partial charge in [-0.25, -0.2) is 0 Å². The summed E-state index contributed by atoms with van der Waals surface area (Å²) in [5, 5.41) is 8.56. The van der Waals surface area contributed by atoms with Gasteiger partial charge in [-0.3, -0.25) is 9.59 Å². The van der Waals surface area contributed by atoms with Crippen LogP contribution in [0.15, 0.2) is 61.2 Å². The van der Waals surface area contributed by atoms with Gasteiger partial charge in [-0.15, -0.1) is 0 Å². The van der Waals surface area contributed by atoms with Gasteiger partial charge >= 0.3 is 0 Å². The molecule has 0 aliphatic heterocycles. The molecule has 6 heteroatoms. The van der Waals surface area contributed by atoms with E-state index < -0.39 is 0 Å². The van der Waals surface area contributed by atoms with Crippen LogP contribution in [0.5, 0.6) is 5.75 Å². The Morgan fingerprint density at radius 2 is 1.85 bits per heavy atom. The lowest BCUT2D eigenvalue weighted by Gasteiger charge is -2.12. The number of hydrogen-bond donors (Lipinski definition) is 3. The van der Waals surface area contributed by atoms with Crippen molar-refractivity contribution in [2.24, 2.45) is 0 Å². The van der Waals surface area contributed by atoms with E-state index in [1.165, 1.54) is 0 Å². The molecule has 2 aromatic carbocycles. The fourth-order valence-corrected chi connectivity index (χ4v) is 2.24. The van der Waals surface area contributed by atoms with Crippen molar-refractivity contribution in [3.05, 3.63) is 66.7 Å². The second-order valence-corrected chi connectivity index (χ2v) is 5.43. The molecule has 0 bridgehead atoms. The number of carbonyl (C=O) groups excluding carboxylic acids is 2. The van der Waals surface area contributed by atoms with Gasteiger partial charge in [-0.2, -0.15) is 0 Å². The van der Waals surface area contributed by atoms with Crippen LogP contribution in [0.1, 0.15) is 17.3 Å². The van der Waals surface area contributed by atoms with E-state index in [0.717, 1.165) is 5.69 Å². The third-order valence-corrected chi connectivity index (χ3v) is 3.45. The van der Waals surface area contributed by atoms with Crippen molar-refractivity contribution >= 4 is 23.2 Å². The summed E-state index contributed by atoms with van der Waals surface area (Å²) in [5.74, 6) is 0.323. The highest BCUT2D eigenvalue weighted by Gasteiger charge is 2.07. The fraction of sp³-hybridized carbons (Fsp3) is 0.200. The largest absolute Gasteiger partial charge is 0.487 e. The first-order chi connectivity index (χ1) is 12.6. The maximum atomic E-state index is 12.1. The predicted octanol–water partition coefficient (Wildman–Crippen LogP) is 3.05. The van der Waals surface area contributed by atoms with Crippen molar-refractivity contribution in [1.29, 1.82) is 0 Å². The van der Waals surface area contributed by atoms with E-state index in [0.29, 0.717) is 30.2 Å². The molecule has 0 unspecified atom stereocenters. The number of rotatable bonds is 9. The quantitative estimate of drug-likeness (QED) is 0.606. The normalized spacial score (nSPS) is 9.88. The minimum Gasteiger partial charge on any atom is -0.487 e. The van der Waals surface area contributed by atoms with Crippen LogP contribution in [0.4, 0.5) is 11.4 Å². The van der Waals surface area contributed by atoms with Gasteiger partial charge in [0.15, 0.2) is 0 Å². The van der Waals surface area contributed by atoms with E-state index >= 15 is 0 Å². The summed E-state index contributed by atoms with van der Waals surface area (Å²) in [6.45, 7) is 6.53. The Kier molecular flexibility index (Phi) is 7.24. The van der Waals surface area contributed by atoms with Crippen LogP contribution in [0.3, 0.4) is 0 Å². The van der Waals surface area contributed by atoms with Gasteiger partial charge in [-0.05, 0) is 43.3 Å². The highest BCUT2D eigenvalue weighted by atomic mass is 16.5. The van der Waals surface area contributed by atoms with Gasteiger partial charge in [0.2, 0.25) is 5.91 Å². The zero-order valence-corrected chi connectivity index (χ0v) is 14.7. The van der Waals surface area contributed by atoms with Gasteiger partial charge in [0.1, 0.15) is 12.4 Å². The molecule has 0 saturated carbocycles. The summed E-state index contributed by atoms with van der Waals surface area (Å²) in [6, 6.07) is 14.1. The van der Waals surface area contributed by atoms with Crippen LogP contribution < -0.4 is 20.7 Å². The number of nitrogens with one attached hydrogen (secondary N) is 3. The van der Waals surface area contributed by atoms with E-state index in [4.69, 9.17) is 4.74 Å². The molecule has 0 aliphatic carbocycles. The van der Waals surface area contributed by atoms with Crippen LogP contribution in [-0.4, -0.2) is 31.5 Å². The van der Waals surface area contributed by atoms with Crippen molar-refractivity contribution in [2.45, 2.75) is 6.92 Å². The molecule has 6 nitrogen and oxygen atoms in total. The fourth-order valence-electron chi connectivity index (χ4n) is 2.24.